The zero-order valence-electron chi connectivity index (χ0n) is 24.8. The lowest BCUT2D eigenvalue weighted by atomic mass is 10.1. The number of halogens is 3. The standard InChI is InChI=1S/C34H28BrCl2N5O4/c1-21-32(35)42(30(44)17-12-22-10-13-24(14-11-22)40-34(45)23-7-4-3-5-8-23)18-6-9-28(33(42)39-21)46-20-25-26(36)15-16-27(31(25)37)41(2)29(43)19-38/h3-18H,19-20,38H2,1-2H3/p+1. The van der Waals surface area contributed by atoms with Gasteiger partial charge in [-0.15, -0.1) is 4.48 Å². The number of aliphatic imine (C=N–C) groups is 1. The Morgan fingerprint density at radius 3 is 2.48 bits per heavy atom. The molecule has 46 heavy (non-hydrogen) atoms. The molecule has 5 rings (SSSR count). The Morgan fingerprint density at radius 2 is 1.78 bits per heavy atom. The zero-order chi connectivity index (χ0) is 33.0. The zero-order valence-corrected chi connectivity index (χ0v) is 27.9. The van der Waals surface area contributed by atoms with E-state index >= 15 is 0 Å². The predicted molar refractivity (Wildman–Crippen MR) is 185 cm³/mol. The van der Waals surface area contributed by atoms with E-state index < -0.39 is 0 Å². The minimum atomic E-state index is -0.353. The molecule has 0 spiro atoms. The second-order valence-corrected chi connectivity index (χ2v) is 11.9. The third kappa shape index (κ3) is 6.48. The summed E-state index contributed by atoms with van der Waals surface area (Å²) in [4.78, 5) is 44.6. The second-order valence-electron chi connectivity index (χ2n) is 10.3. The van der Waals surface area contributed by atoms with E-state index in [1.54, 1.807) is 99.1 Å². The maximum Gasteiger partial charge on any atom is 0.355 e. The van der Waals surface area contributed by atoms with Gasteiger partial charge in [-0.25, -0.2) is 4.79 Å². The molecule has 0 fully saturated rings. The first-order valence-electron chi connectivity index (χ1n) is 14.1. The van der Waals surface area contributed by atoms with Gasteiger partial charge in [0.2, 0.25) is 16.3 Å². The van der Waals surface area contributed by atoms with Crippen LogP contribution in [0.4, 0.5) is 11.4 Å². The molecule has 0 aromatic heterocycles. The molecule has 9 nitrogen and oxygen atoms in total. The minimum absolute atomic E-state index is 0.0529. The van der Waals surface area contributed by atoms with Crippen molar-refractivity contribution in [1.82, 2.24) is 0 Å². The lowest BCUT2D eigenvalue weighted by Crippen LogP contribution is -2.50. The van der Waals surface area contributed by atoms with Crippen LogP contribution in [0.1, 0.15) is 28.4 Å². The van der Waals surface area contributed by atoms with Crippen LogP contribution in [0.3, 0.4) is 0 Å². The monoisotopic (exact) mass is 720 g/mol. The minimum Gasteiger partial charge on any atom is -0.481 e. The molecular weight excluding hydrogens is 693 g/mol. The molecule has 0 saturated heterocycles. The van der Waals surface area contributed by atoms with Gasteiger partial charge in [0.25, 0.3) is 11.7 Å². The van der Waals surface area contributed by atoms with E-state index in [-0.39, 0.29) is 40.4 Å². The Bertz CT molecular complexity index is 1870. The Balaban J connectivity index is 1.32. The van der Waals surface area contributed by atoms with Crippen molar-refractivity contribution < 1.29 is 23.6 Å². The number of fused-ring (bicyclic) bond motifs is 1. The highest BCUT2D eigenvalue weighted by atomic mass is 79.9. The maximum absolute atomic E-state index is 13.9. The Kier molecular flexibility index (Phi) is 10.0. The molecule has 3 amide bonds. The molecule has 2 heterocycles. The van der Waals surface area contributed by atoms with Crippen molar-refractivity contribution in [3.8, 4) is 0 Å². The molecule has 0 bridgehead atoms. The number of ether oxygens (including phenoxy) is 1. The van der Waals surface area contributed by atoms with E-state index in [4.69, 9.17) is 33.7 Å². The van der Waals surface area contributed by atoms with Crippen LogP contribution in [0.15, 0.2) is 112 Å². The lowest BCUT2D eigenvalue weighted by molar-refractivity contribution is -0.647. The quantitative estimate of drug-likeness (QED) is 0.139. The first kappa shape index (κ1) is 33.1. The summed E-state index contributed by atoms with van der Waals surface area (Å²) >= 11 is 16.7. The molecule has 2 aliphatic heterocycles. The fourth-order valence-corrected chi connectivity index (χ4v) is 6.03. The molecule has 0 saturated carbocycles. The molecule has 0 aliphatic carbocycles. The molecule has 2 aliphatic rings. The molecule has 1 unspecified atom stereocenters. The summed E-state index contributed by atoms with van der Waals surface area (Å²) in [6, 6.07) is 19.4. The number of rotatable bonds is 9. The van der Waals surface area contributed by atoms with Crippen molar-refractivity contribution >= 4 is 80.1 Å². The fraction of sp³-hybridized carbons (Fsp3) is 0.118. The van der Waals surface area contributed by atoms with E-state index in [1.807, 2.05) is 6.07 Å². The van der Waals surface area contributed by atoms with E-state index in [0.717, 1.165) is 5.56 Å². The van der Waals surface area contributed by atoms with E-state index in [0.29, 0.717) is 49.4 Å². The molecule has 12 heteroatoms. The van der Waals surface area contributed by atoms with Crippen LogP contribution in [0.5, 0.6) is 0 Å². The summed E-state index contributed by atoms with van der Waals surface area (Å²) in [6.45, 7) is 1.56. The van der Waals surface area contributed by atoms with Gasteiger partial charge in [0.05, 0.1) is 17.3 Å². The third-order valence-corrected chi connectivity index (χ3v) is 9.32. The van der Waals surface area contributed by atoms with Gasteiger partial charge in [-0.3, -0.25) is 9.59 Å². The number of amidine groups is 1. The molecule has 1 atom stereocenters. The van der Waals surface area contributed by atoms with Crippen LogP contribution in [0.2, 0.25) is 10.0 Å². The van der Waals surface area contributed by atoms with Crippen LogP contribution in [0.25, 0.3) is 6.08 Å². The number of hydrogen-bond donors (Lipinski definition) is 2. The van der Waals surface area contributed by atoms with E-state index in [2.05, 4.69) is 26.2 Å². The molecule has 3 aromatic carbocycles. The van der Waals surface area contributed by atoms with Crippen molar-refractivity contribution in [2.24, 2.45) is 10.7 Å². The van der Waals surface area contributed by atoms with Crippen LogP contribution in [0, 0.1) is 0 Å². The van der Waals surface area contributed by atoms with Gasteiger partial charge in [-0.05, 0) is 67.1 Å². The van der Waals surface area contributed by atoms with Gasteiger partial charge >= 0.3 is 5.91 Å². The number of amides is 3. The number of quaternary nitrogens is 1. The lowest BCUT2D eigenvalue weighted by Gasteiger charge is -2.29. The summed E-state index contributed by atoms with van der Waals surface area (Å²) in [5, 5.41) is 3.46. The first-order valence-corrected chi connectivity index (χ1v) is 15.6. The maximum atomic E-state index is 13.9. The SMILES string of the molecule is CC1=C(Br)[N+]2(C(=O)C=Cc3ccc(NC(=O)c4ccccc4)cc3)C=CC=C(OCc3c(Cl)ccc(N(C)C(=O)CN)c3Cl)C2=N1. The topological polar surface area (TPSA) is 114 Å². The van der Waals surface area contributed by atoms with Crippen LogP contribution >= 0.6 is 39.1 Å². The van der Waals surface area contributed by atoms with Gasteiger partial charge in [-0.2, -0.15) is 4.99 Å². The van der Waals surface area contributed by atoms with E-state index in [1.165, 1.54) is 11.0 Å². The van der Waals surface area contributed by atoms with Crippen LogP contribution in [-0.2, 0) is 20.9 Å². The van der Waals surface area contributed by atoms with Crippen molar-refractivity contribution in [1.29, 1.82) is 0 Å². The number of hydrogen-bond acceptors (Lipinski definition) is 6. The highest BCUT2D eigenvalue weighted by molar-refractivity contribution is 9.11. The van der Waals surface area contributed by atoms with Crippen molar-refractivity contribution in [2.45, 2.75) is 13.5 Å². The summed E-state index contributed by atoms with van der Waals surface area (Å²) in [7, 11) is 1.58. The highest BCUT2D eigenvalue weighted by Gasteiger charge is 2.51. The second kappa shape index (κ2) is 14.0. The Morgan fingerprint density at radius 1 is 1.07 bits per heavy atom. The summed E-state index contributed by atoms with van der Waals surface area (Å²) < 4.78 is 6.38. The predicted octanol–water partition coefficient (Wildman–Crippen LogP) is 7.15. The van der Waals surface area contributed by atoms with Crippen LogP contribution < -0.4 is 16.0 Å². The van der Waals surface area contributed by atoms with Gasteiger partial charge in [0.1, 0.15) is 18.5 Å². The number of nitrogens with one attached hydrogen (secondary N) is 1. The number of likely N-dealkylation sites (N-methyl/N-ethyl adjacent to an activating group) is 1. The van der Waals surface area contributed by atoms with Gasteiger partial charge in [0, 0.05) is 50.9 Å². The van der Waals surface area contributed by atoms with E-state index in [9.17, 15) is 14.4 Å². The Hall–Kier alpha value is -4.32. The number of nitrogens with zero attached hydrogens (tertiary/aromatic N) is 3. The first-order chi connectivity index (χ1) is 22.1. The molecular formula is C34H29BrCl2N5O4+. The van der Waals surface area contributed by atoms with Gasteiger partial charge < -0.3 is 20.7 Å². The number of carbonyl (C=O) groups excluding carboxylic acids is 3. The number of allylic oxidation sites excluding steroid dienone is 3. The number of benzene rings is 3. The van der Waals surface area contributed by atoms with Crippen LogP contribution in [-0.4, -0.2) is 41.6 Å². The number of anilines is 2. The summed E-state index contributed by atoms with van der Waals surface area (Å²) in [5.41, 5.74) is 8.97. The Labute approximate surface area is 284 Å². The smallest absolute Gasteiger partial charge is 0.355 e. The van der Waals surface area contributed by atoms with Gasteiger partial charge in [0.15, 0.2) is 0 Å². The fourth-order valence-electron chi connectivity index (χ4n) is 4.87. The summed E-state index contributed by atoms with van der Waals surface area (Å²) in [5.74, 6) is -0.117. The van der Waals surface area contributed by atoms with Crippen molar-refractivity contribution in [3.05, 3.63) is 134 Å². The number of nitrogens with two attached hydrogens (primary N) is 1. The van der Waals surface area contributed by atoms with Crippen molar-refractivity contribution in [2.75, 3.05) is 23.8 Å². The third-order valence-electron chi connectivity index (χ3n) is 7.41. The molecule has 3 N–H and O–H groups in total. The average molecular weight is 722 g/mol. The highest BCUT2D eigenvalue weighted by Crippen LogP contribution is 2.41. The van der Waals surface area contributed by atoms with Crippen molar-refractivity contribution in [3.63, 3.8) is 0 Å². The largest absolute Gasteiger partial charge is 0.481 e. The molecule has 3 aromatic rings. The molecule has 234 valence electrons. The number of carbonyl (C=O) groups is 3. The average Bonchev–Trinajstić information content (AvgIpc) is 3.34. The van der Waals surface area contributed by atoms with Gasteiger partial charge in [-0.1, -0.05) is 53.5 Å². The normalized spacial score (nSPS) is 17.0. The molecule has 0 radical (unpaired) electrons. The summed E-state index contributed by atoms with van der Waals surface area (Å²) in [6.07, 6.45) is 8.32.